The van der Waals surface area contributed by atoms with E-state index in [4.69, 9.17) is 0 Å². The van der Waals surface area contributed by atoms with Gasteiger partial charge in [0.25, 0.3) is 0 Å². The Kier molecular flexibility index (Phi) is 20.1. The Bertz CT molecular complexity index is 2120. The molecule has 2 bridgehead atoms. The predicted molar refractivity (Wildman–Crippen MR) is 244 cm³/mol. The number of hydrogen-bond donors (Lipinski definition) is 10. The number of aliphatic carboxylic acids is 1. The first-order valence-electron chi connectivity index (χ1n) is 21.5. The average molecular weight is 918 g/mol. The number of nitrogens with one attached hydrogen (secondary N) is 6. The number of phenolic OH excluding ortho intramolecular Hbond substituents is 2. The molecule has 3 aromatic carbocycles. The highest BCUT2D eigenvalue weighted by Crippen LogP contribution is 2.17. The summed E-state index contributed by atoms with van der Waals surface area (Å²) in [6.45, 7) is 1.42. The Morgan fingerprint density at radius 3 is 1.89 bits per heavy atom. The molecule has 3 aromatic rings. The first-order chi connectivity index (χ1) is 31.0. The van der Waals surface area contributed by atoms with Crippen LogP contribution in [0.3, 0.4) is 0 Å². The van der Waals surface area contributed by atoms with Gasteiger partial charge in [0.05, 0.1) is 0 Å². The van der Waals surface area contributed by atoms with E-state index in [9.17, 15) is 53.7 Å². The lowest BCUT2D eigenvalue weighted by molar-refractivity contribution is -0.142. The van der Waals surface area contributed by atoms with Gasteiger partial charge < -0.3 is 52.1 Å². The Hall–Kier alpha value is -6.63. The minimum absolute atomic E-state index is 0.0340. The molecule has 2 aliphatic rings. The number of carboxylic acid groups (broad SMARTS) is 1. The minimum atomic E-state index is -1.45. The maximum Gasteiger partial charge on any atom is 0.326 e. The summed E-state index contributed by atoms with van der Waals surface area (Å²) >= 11 is 4.20. The number of hydrogen-bond acceptors (Lipinski definition) is 11. The molecule has 65 heavy (non-hydrogen) atoms. The largest absolute Gasteiger partial charge is 0.508 e. The summed E-state index contributed by atoms with van der Waals surface area (Å²) in [4.78, 5) is 108. The summed E-state index contributed by atoms with van der Waals surface area (Å²) in [6, 6.07) is 11.6. The van der Waals surface area contributed by atoms with E-state index in [0.717, 1.165) is 12.8 Å². The van der Waals surface area contributed by atoms with Crippen molar-refractivity contribution in [2.75, 3.05) is 24.7 Å². The quantitative estimate of drug-likeness (QED) is 0.111. The average Bonchev–Trinajstić information content (AvgIpc) is 3.26. The minimum Gasteiger partial charge on any atom is -0.508 e. The number of carboxylic acids is 1. The van der Waals surface area contributed by atoms with Crippen LogP contribution >= 0.6 is 12.6 Å². The number of amides is 7. The van der Waals surface area contributed by atoms with Gasteiger partial charge in [-0.1, -0.05) is 49.2 Å². The molecule has 0 aliphatic carbocycles. The Morgan fingerprint density at radius 2 is 1.32 bits per heavy atom. The monoisotopic (exact) mass is 917 g/mol. The van der Waals surface area contributed by atoms with Crippen molar-refractivity contribution >= 4 is 65.6 Å². The zero-order valence-corrected chi connectivity index (χ0v) is 37.4. The second-order valence-electron chi connectivity index (χ2n) is 16.1. The van der Waals surface area contributed by atoms with Gasteiger partial charge in [-0.3, -0.25) is 33.6 Å². The molecule has 19 heteroatoms. The van der Waals surface area contributed by atoms with Crippen LogP contribution in [0.2, 0.25) is 0 Å². The molecular weight excluding hydrogens is 859 g/mol. The first kappa shape index (κ1) is 51.0. The molecule has 5 rings (SSSR count). The number of nitrogens with zero attached hydrogens (tertiary/aromatic N) is 1. The molecule has 0 saturated carbocycles. The zero-order valence-electron chi connectivity index (χ0n) is 36.5. The molecule has 2 aliphatic heterocycles. The molecule has 7 amide bonds. The van der Waals surface area contributed by atoms with Gasteiger partial charge in [0.2, 0.25) is 41.4 Å². The van der Waals surface area contributed by atoms with Crippen LogP contribution in [0.25, 0.3) is 0 Å². The summed E-state index contributed by atoms with van der Waals surface area (Å²) in [7, 11) is 1.62. The summed E-state index contributed by atoms with van der Waals surface area (Å²) in [6.07, 6.45) is 3.06. The van der Waals surface area contributed by atoms with Gasteiger partial charge in [0.1, 0.15) is 41.7 Å². The summed E-state index contributed by atoms with van der Waals surface area (Å²) < 4.78 is 0. The molecule has 18 nitrogen and oxygen atoms in total. The number of rotatable bonds is 13. The zero-order chi connectivity index (χ0) is 47.5. The Labute approximate surface area is 383 Å². The number of thiol groups is 1. The summed E-state index contributed by atoms with van der Waals surface area (Å²) in [5, 5.41) is 45.6. The highest BCUT2D eigenvalue weighted by atomic mass is 32.1. The molecular formula is C46H59N7O11S. The third-order valence-corrected chi connectivity index (χ3v) is 11.1. The number of fused-ring (bicyclic) bond motifs is 19. The predicted octanol–water partition coefficient (Wildman–Crippen LogP) is 2.12. The van der Waals surface area contributed by atoms with E-state index in [-0.39, 0.29) is 74.1 Å². The maximum absolute atomic E-state index is 14.4. The molecule has 0 spiro atoms. The molecule has 1 unspecified atom stereocenters. The van der Waals surface area contributed by atoms with Crippen molar-refractivity contribution in [2.45, 2.75) is 108 Å². The van der Waals surface area contributed by atoms with Crippen molar-refractivity contribution < 1.29 is 53.7 Å². The van der Waals surface area contributed by atoms with Gasteiger partial charge in [-0.2, -0.15) is 12.6 Å². The molecule has 0 aromatic heterocycles. The molecule has 9 N–H and O–H groups in total. The molecule has 0 radical (unpaired) electrons. The molecule has 350 valence electrons. The van der Waals surface area contributed by atoms with Crippen molar-refractivity contribution in [1.82, 2.24) is 31.5 Å². The molecule has 5 atom stereocenters. The lowest BCUT2D eigenvalue weighted by Crippen LogP contribution is -2.59. The van der Waals surface area contributed by atoms with Gasteiger partial charge in [-0.05, 0) is 78.8 Å². The number of carbonyl (C=O) groups excluding carboxylic acids is 7. The van der Waals surface area contributed by atoms with E-state index < -0.39 is 65.7 Å². The first-order valence-corrected chi connectivity index (χ1v) is 22.1. The fourth-order valence-electron chi connectivity index (χ4n) is 7.10. The van der Waals surface area contributed by atoms with Crippen molar-refractivity contribution in [2.24, 2.45) is 0 Å². The number of benzene rings is 3. The van der Waals surface area contributed by atoms with Crippen LogP contribution in [-0.2, 0) is 57.6 Å². The Morgan fingerprint density at radius 1 is 0.738 bits per heavy atom. The fourth-order valence-corrected chi connectivity index (χ4v) is 7.36. The lowest BCUT2D eigenvalue weighted by atomic mass is 10.0. The second kappa shape index (κ2) is 25.6. The van der Waals surface area contributed by atoms with Gasteiger partial charge in [-0.25, -0.2) is 4.79 Å². The third kappa shape index (κ3) is 17.5. The van der Waals surface area contributed by atoms with E-state index in [0.29, 0.717) is 41.6 Å². The Balaban J connectivity index is 1.68. The molecule has 0 fully saturated rings. The SMILES string of the molecule is CC(=O)N[C@@H](CS)C(=O)NC1Cc2ccc(cc2)NC(=O)CCCCCCC(=O)N(C)CCC[C@H](C(=O)N[C@@H](Cc2ccc(O)cc2)C(=O)N[C@@H](Cc2ccc(O)cc2)C(=O)O)NC1=O. The fraction of sp³-hybridized carbons (Fsp3) is 0.435. The lowest BCUT2D eigenvalue weighted by Gasteiger charge is -2.27. The van der Waals surface area contributed by atoms with E-state index in [1.807, 2.05) is 0 Å². The summed E-state index contributed by atoms with van der Waals surface area (Å²) in [5.74, 6) is -5.61. The third-order valence-electron chi connectivity index (χ3n) is 10.8. The summed E-state index contributed by atoms with van der Waals surface area (Å²) in [5.41, 5.74) is 2.07. The number of anilines is 1. The number of carbonyl (C=O) groups is 8. The normalized spacial score (nSPS) is 18.3. The van der Waals surface area contributed by atoms with E-state index in [1.54, 1.807) is 31.3 Å². The van der Waals surface area contributed by atoms with Crippen LogP contribution in [0.4, 0.5) is 5.69 Å². The van der Waals surface area contributed by atoms with Crippen LogP contribution in [0.5, 0.6) is 11.5 Å². The van der Waals surface area contributed by atoms with Crippen LogP contribution in [0, 0.1) is 0 Å². The standard InChI is InChI=1S/C46H59N7O11S/c1-28(54)47-39(27-65)45(62)51-36-24-29-11-17-32(18-12-29)48-40(57)9-5-3-4-6-10-41(58)53(2)23-7-8-35(49-43(36)60)42(59)50-37(25-30-13-19-33(55)20-14-30)44(61)52-38(46(63)64)26-31-15-21-34(56)22-16-31/h11-22,35-39,55-56,65H,3-10,23-27H2,1-2H3,(H,47,54)(H,48,57)(H,49,60)(H,50,59)(H,51,62)(H,52,61)(H,63,64)/t35-,36?,37+,38+,39+/m1/s1. The van der Waals surface area contributed by atoms with Gasteiger partial charge in [0, 0.05) is 64.1 Å². The van der Waals surface area contributed by atoms with Crippen LogP contribution < -0.4 is 31.9 Å². The van der Waals surface area contributed by atoms with Gasteiger partial charge in [-0.15, -0.1) is 0 Å². The van der Waals surface area contributed by atoms with Crippen molar-refractivity contribution in [3.8, 4) is 11.5 Å². The molecule has 0 saturated heterocycles. The highest BCUT2D eigenvalue weighted by molar-refractivity contribution is 7.80. The second-order valence-corrected chi connectivity index (χ2v) is 16.4. The van der Waals surface area contributed by atoms with Crippen LogP contribution in [0.15, 0.2) is 72.8 Å². The van der Waals surface area contributed by atoms with Crippen molar-refractivity contribution in [3.05, 3.63) is 89.5 Å². The smallest absolute Gasteiger partial charge is 0.326 e. The number of aromatic hydroxyl groups is 2. The van der Waals surface area contributed by atoms with Crippen LogP contribution in [0.1, 0.15) is 75.0 Å². The van der Waals surface area contributed by atoms with Crippen molar-refractivity contribution in [1.29, 1.82) is 0 Å². The van der Waals surface area contributed by atoms with Gasteiger partial charge >= 0.3 is 5.97 Å². The number of phenols is 2. The van der Waals surface area contributed by atoms with Gasteiger partial charge in [0.15, 0.2) is 0 Å². The topological polar surface area (TPSA) is 273 Å². The highest BCUT2D eigenvalue weighted by Gasteiger charge is 2.33. The molecule has 2 heterocycles. The van der Waals surface area contributed by atoms with Crippen LogP contribution in [-0.4, -0.2) is 117 Å². The maximum atomic E-state index is 14.4. The van der Waals surface area contributed by atoms with Crippen molar-refractivity contribution in [3.63, 3.8) is 0 Å². The van der Waals surface area contributed by atoms with E-state index in [1.165, 1.54) is 60.4 Å². The van der Waals surface area contributed by atoms with E-state index >= 15 is 0 Å². The van der Waals surface area contributed by atoms with E-state index in [2.05, 4.69) is 44.5 Å².